The molecule has 1 aromatic rings. The van der Waals surface area contributed by atoms with E-state index in [4.69, 9.17) is 5.84 Å². The molecule has 4 heteroatoms. The quantitative estimate of drug-likeness (QED) is 0.657. The van der Waals surface area contributed by atoms with E-state index in [1.165, 1.54) is 28.6 Å². The van der Waals surface area contributed by atoms with Crippen molar-refractivity contribution >= 4 is 27.3 Å². The van der Waals surface area contributed by atoms with Gasteiger partial charge >= 0.3 is 0 Å². The second-order valence-corrected chi connectivity index (χ2v) is 7.07. The molecule has 2 nitrogen and oxygen atoms in total. The van der Waals surface area contributed by atoms with E-state index >= 15 is 0 Å². The minimum atomic E-state index is 0.284. The molecule has 1 aliphatic rings. The van der Waals surface area contributed by atoms with E-state index in [9.17, 15) is 0 Å². The lowest BCUT2D eigenvalue weighted by Gasteiger charge is -2.33. The van der Waals surface area contributed by atoms with Crippen LogP contribution in [-0.4, -0.2) is 0 Å². The Balaban J connectivity index is 2.27. The molecule has 0 saturated heterocycles. The van der Waals surface area contributed by atoms with Crippen molar-refractivity contribution in [1.82, 2.24) is 5.43 Å². The van der Waals surface area contributed by atoms with E-state index in [-0.39, 0.29) is 6.04 Å². The van der Waals surface area contributed by atoms with Crippen molar-refractivity contribution in [3.8, 4) is 0 Å². The maximum atomic E-state index is 5.77. The highest BCUT2D eigenvalue weighted by Gasteiger charge is 2.40. The molecule has 90 valence electrons. The summed E-state index contributed by atoms with van der Waals surface area (Å²) in [4.78, 5) is 1.34. The predicted molar refractivity (Wildman–Crippen MR) is 73.2 cm³/mol. The van der Waals surface area contributed by atoms with Gasteiger partial charge in [0.15, 0.2) is 0 Å². The van der Waals surface area contributed by atoms with E-state index in [2.05, 4.69) is 46.6 Å². The molecule has 1 aliphatic carbocycles. The van der Waals surface area contributed by atoms with Crippen LogP contribution in [0.25, 0.3) is 0 Å². The largest absolute Gasteiger partial charge is 0.271 e. The number of rotatable bonds is 3. The monoisotopic (exact) mass is 302 g/mol. The highest BCUT2D eigenvalue weighted by molar-refractivity contribution is 9.10. The number of halogens is 1. The smallest absolute Gasteiger partial charge is 0.0597 e. The number of nitrogens with two attached hydrogens (primary N) is 1. The molecule has 1 saturated carbocycles. The van der Waals surface area contributed by atoms with Gasteiger partial charge in [-0.15, -0.1) is 11.3 Å². The van der Waals surface area contributed by atoms with Crippen molar-refractivity contribution in [2.75, 3.05) is 0 Å². The fourth-order valence-electron chi connectivity index (χ4n) is 2.87. The normalized spacial score (nSPS) is 25.9. The first-order valence-electron chi connectivity index (χ1n) is 5.75. The Hall–Kier alpha value is 0.100. The lowest BCUT2D eigenvalue weighted by atomic mass is 9.77. The number of hydrogen-bond donors (Lipinski definition) is 2. The van der Waals surface area contributed by atoms with E-state index in [0.29, 0.717) is 11.3 Å². The Morgan fingerprint density at radius 2 is 2.38 bits per heavy atom. The molecular formula is C12H19BrN2S. The fraction of sp³-hybridized carbons (Fsp3) is 0.667. The first-order chi connectivity index (χ1) is 7.56. The zero-order chi connectivity index (χ0) is 11.8. The van der Waals surface area contributed by atoms with Gasteiger partial charge in [0.2, 0.25) is 0 Å². The molecule has 2 rings (SSSR count). The standard InChI is InChI=1S/C12H19BrN2S/c1-12(2)6-3-4-8(12)10(15-14)11-9(13)5-7-16-11/h5,7-8,10,15H,3-4,6,14H2,1-2H3. The molecule has 0 amide bonds. The summed E-state index contributed by atoms with van der Waals surface area (Å²) in [5.74, 6) is 6.40. The second kappa shape index (κ2) is 4.77. The van der Waals surface area contributed by atoms with Gasteiger partial charge in [0, 0.05) is 9.35 Å². The number of hydrazine groups is 1. The molecule has 1 heterocycles. The van der Waals surface area contributed by atoms with E-state index in [0.717, 1.165) is 0 Å². The van der Waals surface area contributed by atoms with E-state index < -0.39 is 0 Å². The van der Waals surface area contributed by atoms with Crippen molar-refractivity contribution in [3.63, 3.8) is 0 Å². The van der Waals surface area contributed by atoms with Gasteiger partial charge in [-0.2, -0.15) is 0 Å². The molecule has 16 heavy (non-hydrogen) atoms. The lowest BCUT2D eigenvalue weighted by molar-refractivity contribution is 0.200. The van der Waals surface area contributed by atoms with Crippen LogP contribution >= 0.6 is 27.3 Å². The average molecular weight is 303 g/mol. The minimum absolute atomic E-state index is 0.284. The Kier molecular flexibility index (Phi) is 3.74. The van der Waals surface area contributed by atoms with Crippen molar-refractivity contribution in [1.29, 1.82) is 0 Å². The first-order valence-corrected chi connectivity index (χ1v) is 7.42. The first kappa shape index (κ1) is 12.6. The third-order valence-corrected chi connectivity index (χ3v) is 5.80. The van der Waals surface area contributed by atoms with Crippen LogP contribution in [0.3, 0.4) is 0 Å². The van der Waals surface area contributed by atoms with E-state index in [1.807, 2.05) is 0 Å². The second-order valence-electron chi connectivity index (χ2n) is 5.26. The molecule has 0 spiro atoms. The maximum Gasteiger partial charge on any atom is 0.0597 e. The van der Waals surface area contributed by atoms with Crippen LogP contribution in [0.1, 0.15) is 44.0 Å². The maximum absolute atomic E-state index is 5.77. The van der Waals surface area contributed by atoms with Crippen LogP contribution < -0.4 is 11.3 Å². The third-order valence-electron chi connectivity index (χ3n) is 3.85. The Bertz CT molecular complexity index is 362. The molecule has 0 aliphatic heterocycles. The van der Waals surface area contributed by atoms with Crippen LogP contribution in [0.4, 0.5) is 0 Å². The molecule has 0 bridgehead atoms. The van der Waals surface area contributed by atoms with Gasteiger partial charge < -0.3 is 0 Å². The summed E-state index contributed by atoms with van der Waals surface area (Å²) in [6, 6.07) is 2.39. The lowest BCUT2D eigenvalue weighted by Crippen LogP contribution is -2.37. The van der Waals surface area contributed by atoms with Crippen LogP contribution in [0.2, 0.25) is 0 Å². The fourth-order valence-corrected chi connectivity index (χ4v) is 4.62. The van der Waals surface area contributed by atoms with Gasteiger partial charge in [0.25, 0.3) is 0 Å². The summed E-state index contributed by atoms with van der Waals surface area (Å²) in [6.45, 7) is 4.72. The van der Waals surface area contributed by atoms with Crippen molar-refractivity contribution in [2.24, 2.45) is 17.2 Å². The molecule has 0 aromatic carbocycles. The van der Waals surface area contributed by atoms with Crippen LogP contribution in [0.5, 0.6) is 0 Å². The summed E-state index contributed by atoms with van der Waals surface area (Å²) in [6.07, 6.45) is 3.89. The summed E-state index contributed by atoms with van der Waals surface area (Å²) in [7, 11) is 0. The molecule has 2 atom stereocenters. The van der Waals surface area contributed by atoms with E-state index in [1.54, 1.807) is 11.3 Å². The van der Waals surface area contributed by atoms with Crippen molar-refractivity contribution in [2.45, 2.75) is 39.2 Å². The Morgan fingerprint density at radius 1 is 1.62 bits per heavy atom. The molecule has 1 aromatic heterocycles. The summed E-state index contributed by atoms with van der Waals surface area (Å²) in [5.41, 5.74) is 3.41. The minimum Gasteiger partial charge on any atom is -0.271 e. The zero-order valence-electron chi connectivity index (χ0n) is 9.79. The van der Waals surface area contributed by atoms with Crippen molar-refractivity contribution in [3.05, 3.63) is 20.8 Å². The summed E-state index contributed by atoms with van der Waals surface area (Å²) < 4.78 is 1.18. The third kappa shape index (κ3) is 2.21. The molecule has 3 N–H and O–H groups in total. The van der Waals surface area contributed by atoms with Crippen LogP contribution in [0, 0.1) is 11.3 Å². The van der Waals surface area contributed by atoms with Gasteiger partial charge in [-0.3, -0.25) is 11.3 Å². The van der Waals surface area contributed by atoms with Crippen molar-refractivity contribution < 1.29 is 0 Å². The van der Waals surface area contributed by atoms with Gasteiger partial charge in [-0.05, 0) is 51.6 Å². The molecule has 0 radical (unpaired) electrons. The highest BCUT2D eigenvalue weighted by atomic mass is 79.9. The molecule has 1 fully saturated rings. The van der Waals surface area contributed by atoms with Crippen LogP contribution in [0.15, 0.2) is 15.9 Å². The molecular weight excluding hydrogens is 284 g/mol. The van der Waals surface area contributed by atoms with Gasteiger partial charge in [-0.1, -0.05) is 20.3 Å². The van der Waals surface area contributed by atoms with Crippen LogP contribution in [-0.2, 0) is 0 Å². The SMILES string of the molecule is CC1(C)CCCC1C(NN)c1sccc1Br. The summed E-state index contributed by atoms with van der Waals surface area (Å²) in [5, 5.41) is 2.12. The van der Waals surface area contributed by atoms with Gasteiger partial charge in [0.05, 0.1) is 6.04 Å². The number of nitrogens with one attached hydrogen (secondary N) is 1. The van der Waals surface area contributed by atoms with Gasteiger partial charge in [0.1, 0.15) is 0 Å². The number of thiophene rings is 1. The average Bonchev–Trinajstić information content (AvgIpc) is 2.77. The summed E-state index contributed by atoms with van der Waals surface area (Å²) >= 11 is 5.39. The predicted octanol–water partition coefficient (Wildman–Crippen LogP) is 3.84. The Labute approximate surface area is 110 Å². The highest BCUT2D eigenvalue weighted by Crippen LogP contribution is 2.50. The number of hydrogen-bond acceptors (Lipinski definition) is 3. The zero-order valence-corrected chi connectivity index (χ0v) is 12.2. The Morgan fingerprint density at radius 3 is 2.81 bits per heavy atom. The molecule has 2 unspecified atom stereocenters. The van der Waals surface area contributed by atoms with Gasteiger partial charge in [-0.25, -0.2) is 0 Å². The topological polar surface area (TPSA) is 38.0 Å².